The predicted octanol–water partition coefficient (Wildman–Crippen LogP) is 0.355. The summed E-state index contributed by atoms with van der Waals surface area (Å²) >= 11 is 0. The van der Waals surface area contributed by atoms with Crippen molar-refractivity contribution in [2.24, 2.45) is 0 Å². The Morgan fingerprint density at radius 2 is 2.16 bits per heavy atom. The molecule has 3 N–H and O–H groups in total. The highest BCUT2D eigenvalue weighted by atomic mass is 19.1. The van der Waals surface area contributed by atoms with E-state index in [4.69, 9.17) is 19.5 Å². The minimum absolute atomic E-state index is 0.0487. The number of carbonyl (C=O) groups is 2. The summed E-state index contributed by atoms with van der Waals surface area (Å²) in [5.41, 5.74) is -0.718. The maximum absolute atomic E-state index is 13.8. The third-order valence-electron chi connectivity index (χ3n) is 3.32. The molecular weight excluding hydrogens is 334 g/mol. The lowest BCUT2D eigenvalue weighted by Gasteiger charge is -2.20. The van der Waals surface area contributed by atoms with Crippen LogP contribution in [0.3, 0.4) is 0 Å². The van der Waals surface area contributed by atoms with Crippen LogP contribution in [0.25, 0.3) is 0 Å². The average molecular weight is 354 g/mol. The van der Waals surface area contributed by atoms with Crippen molar-refractivity contribution in [3.63, 3.8) is 0 Å². The Labute approximate surface area is 144 Å². The first kappa shape index (κ1) is 19.0. The van der Waals surface area contributed by atoms with Crippen molar-refractivity contribution in [1.29, 1.82) is 0 Å². The van der Waals surface area contributed by atoms with E-state index in [0.717, 1.165) is 6.07 Å². The number of carbonyl (C=O) groups excluding carboxylic acids is 2. The van der Waals surface area contributed by atoms with E-state index in [2.05, 4.69) is 5.32 Å². The van der Waals surface area contributed by atoms with Gasteiger partial charge in [-0.3, -0.25) is 4.90 Å². The molecule has 1 atom stereocenters. The van der Waals surface area contributed by atoms with E-state index >= 15 is 0 Å². The average Bonchev–Trinajstić information content (AvgIpc) is 2.84. The van der Waals surface area contributed by atoms with Gasteiger partial charge in [-0.25, -0.2) is 14.0 Å². The van der Waals surface area contributed by atoms with E-state index < -0.39 is 36.8 Å². The molecule has 2 amide bonds. The van der Waals surface area contributed by atoms with Crippen molar-refractivity contribution in [2.75, 3.05) is 18.0 Å². The van der Waals surface area contributed by atoms with Crippen molar-refractivity contribution < 1.29 is 33.5 Å². The fraction of sp³-hybridized carbons (Fsp3) is 0.467. The van der Waals surface area contributed by atoms with Crippen LogP contribution >= 0.6 is 0 Å². The van der Waals surface area contributed by atoms with Crippen LogP contribution in [-0.2, 0) is 9.47 Å². The Morgan fingerprint density at radius 1 is 1.48 bits per heavy atom. The van der Waals surface area contributed by atoms with Gasteiger partial charge in [0.15, 0.2) is 0 Å². The van der Waals surface area contributed by atoms with Gasteiger partial charge in [-0.15, -0.1) is 0 Å². The number of hydrogen-bond donors (Lipinski definition) is 3. The Bertz CT molecular complexity index is 664. The number of hydrogen-bond acceptors (Lipinski definition) is 6. The Kier molecular flexibility index (Phi) is 5.53. The van der Waals surface area contributed by atoms with E-state index in [-0.39, 0.29) is 24.2 Å². The molecule has 25 heavy (non-hydrogen) atoms. The molecule has 8 nitrogen and oxygen atoms in total. The summed E-state index contributed by atoms with van der Waals surface area (Å²) in [5.74, 6) is -0.851. The predicted molar refractivity (Wildman–Crippen MR) is 88.1 cm³/mol. The van der Waals surface area contributed by atoms with Crippen molar-refractivity contribution in [2.45, 2.75) is 32.5 Å². The van der Waals surface area contributed by atoms with E-state index in [9.17, 15) is 14.0 Å². The highest BCUT2D eigenvalue weighted by Gasteiger charge is 2.33. The van der Waals surface area contributed by atoms with Gasteiger partial charge in [0.2, 0.25) is 0 Å². The lowest BCUT2D eigenvalue weighted by atomic mass is 9.80. The number of halogens is 1. The lowest BCUT2D eigenvalue weighted by Crippen LogP contribution is -2.38. The van der Waals surface area contributed by atoms with Gasteiger partial charge in [-0.2, -0.15) is 0 Å². The smallest absolute Gasteiger partial charge is 0.444 e. The minimum atomic E-state index is -1.94. The van der Waals surface area contributed by atoms with Crippen molar-refractivity contribution in [3.8, 4) is 0 Å². The zero-order chi connectivity index (χ0) is 18.8. The molecule has 0 aromatic heterocycles. The molecule has 2 rings (SSSR count). The third kappa shape index (κ3) is 5.07. The SMILES string of the molecule is CC(C)(C)OC(=O)NCC1CN(c2ccc(B(O)O)c(F)c2)C(=O)O1. The van der Waals surface area contributed by atoms with Gasteiger partial charge in [0.25, 0.3) is 0 Å². The zero-order valence-corrected chi connectivity index (χ0v) is 14.2. The number of anilines is 1. The number of alkyl carbamates (subject to hydrolysis) is 1. The number of rotatable bonds is 4. The van der Waals surface area contributed by atoms with E-state index in [1.807, 2.05) is 0 Å². The fourth-order valence-electron chi connectivity index (χ4n) is 2.24. The number of ether oxygens (including phenoxy) is 2. The highest BCUT2D eigenvalue weighted by Crippen LogP contribution is 2.21. The quantitative estimate of drug-likeness (QED) is 0.674. The minimum Gasteiger partial charge on any atom is -0.444 e. The number of cyclic esters (lactones) is 1. The normalized spacial score (nSPS) is 17.3. The van der Waals surface area contributed by atoms with Crippen LogP contribution < -0.4 is 15.7 Å². The number of benzene rings is 1. The summed E-state index contributed by atoms with van der Waals surface area (Å²) in [6.07, 6.45) is -1.94. The van der Waals surface area contributed by atoms with Crippen molar-refractivity contribution in [1.82, 2.24) is 5.32 Å². The van der Waals surface area contributed by atoms with E-state index in [1.165, 1.54) is 17.0 Å². The molecule has 136 valence electrons. The Balaban J connectivity index is 1.96. The number of nitrogens with zero attached hydrogens (tertiary/aromatic N) is 1. The largest absolute Gasteiger partial charge is 0.491 e. The summed E-state index contributed by atoms with van der Waals surface area (Å²) in [6, 6.07) is 3.57. The molecule has 1 aromatic carbocycles. The molecule has 1 unspecified atom stereocenters. The summed E-state index contributed by atoms with van der Waals surface area (Å²) in [4.78, 5) is 24.7. The lowest BCUT2D eigenvalue weighted by molar-refractivity contribution is 0.0496. The molecule has 1 heterocycles. The van der Waals surface area contributed by atoms with Crippen molar-refractivity contribution in [3.05, 3.63) is 24.0 Å². The maximum Gasteiger partial charge on any atom is 0.491 e. The van der Waals surface area contributed by atoms with Crippen LogP contribution in [0.5, 0.6) is 0 Å². The summed E-state index contributed by atoms with van der Waals surface area (Å²) in [5, 5.41) is 20.5. The highest BCUT2D eigenvalue weighted by molar-refractivity contribution is 6.58. The van der Waals surface area contributed by atoms with E-state index in [0.29, 0.717) is 0 Å². The second-order valence-corrected chi connectivity index (χ2v) is 6.58. The second-order valence-electron chi connectivity index (χ2n) is 6.58. The first-order chi connectivity index (χ1) is 11.6. The molecule has 0 bridgehead atoms. The maximum atomic E-state index is 13.8. The molecule has 0 aliphatic carbocycles. The molecule has 0 radical (unpaired) electrons. The number of nitrogens with one attached hydrogen (secondary N) is 1. The molecule has 1 aromatic rings. The van der Waals surface area contributed by atoms with Crippen LogP contribution in [-0.4, -0.2) is 54.1 Å². The van der Waals surface area contributed by atoms with Gasteiger partial charge in [0.1, 0.15) is 17.5 Å². The number of amides is 2. The molecule has 1 aliphatic heterocycles. The van der Waals surface area contributed by atoms with E-state index in [1.54, 1.807) is 20.8 Å². The summed E-state index contributed by atoms with van der Waals surface area (Å²) in [7, 11) is -1.94. The van der Waals surface area contributed by atoms with Crippen molar-refractivity contribution >= 4 is 30.5 Å². The Morgan fingerprint density at radius 3 is 2.72 bits per heavy atom. The fourth-order valence-corrected chi connectivity index (χ4v) is 2.24. The summed E-state index contributed by atoms with van der Waals surface area (Å²) in [6.45, 7) is 5.34. The molecule has 1 aliphatic rings. The Hall–Kier alpha value is -2.33. The van der Waals surface area contributed by atoms with Gasteiger partial charge in [0.05, 0.1) is 18.8 Å². The summed E-state index contributed by atoms with van der Waals surface area (Å²) < 4.78 is 24.0. The van der Waals surface area contributed by atoms with Crippen LogP contribution in [0.4, 0.5) is 19.7 Å². The third-order valence-corrected chi connectivity index (χ3v) is 3.32. The second kappa shape index (κ2) is 7.28. The first-order valence-electron chi connectivity index (χ1n) is 7.67. The van der Waals surface area contributed by atoms with Gasteiger partial charge in [-0.05, 0) is 32.9 Å². The van der Waals surface area contributed by atoms with Gasteiger partial charge in [0, 0.05) is 5.46 Å². The molecule has 0 saturated carbocycles. The molecule has 0 spiro atoms. The topological polar surface area (TPSA) is 108 Å². The molecule has 10 heteroatoms. The van der Waals surface area contributed by atoms with Gasteiger partial charge < -0.3 is 24.8 Å². The van der Waals surface area contributed by atoms with Crippen LogP contribution in [0.1, 0.15) is 20.8 Å². The monoisotopic (exact) mass is 354 g/mol. The first-order valence-corrected chi connectivity index (χ1v) is 7.67. The molecular formula is C15H20BFN2O6. The zero-order valence-electron chi connectivity index (χ0n) is 14.2. The van der Waals surface area contributed by atoms with Crippen LogP contribution in [0.15, 0.2) is 18.2 Å². The standard InChI is InChI=1S/C15H20BFN2O6/c1-15(2,3)25-13(20)18-7-10-8-19(14(21)24-10)9-4-5-11(16(22)23)12(17)6-9/h4-6,10,22-23H,7-8H2,1-3H3,(H,18,20). The molecule has 1 saturated heterocycles. The van der Waals surface area contributed by atoms with Gasteiger partial charge in [-0.1, -0.05) is 6.07 Å². The van der Waals surface area contributed by atoms with Crippen LogP contribution in [0.2, 0.25) is 0 Å². The van der Waals surface area contributed by atoms with Gasteiger partial charge >= 0.3 is 19.3 Å². The molecule has 1 fully saturated rings. The van der Waals surface area contributed by atoms with Crippen LogP contribution in [0, 0.1) is 5.82 Å².